The molecular formula is C24H25Cl2N5OS2. The predicted molar refractivity (Wildman–Crippen MR) is 145 cm³/mol. The van der Waals surface area contributed by atoms with Gasteiger partial charge in [-0.2, -0.15) is 10.2 Å². The maximum absolute atomic E-state index is 13.1. The summed E-state index contributed by atoms with van der Waals surface area (Å²) in [5.74, 6) is 0.631. The molecule has 6 nitrogen and oxygen atoms in total. The van der Waals surface area contributed by atoms with Gasteiger partial charge in [0.1, 0.15) is 5.03 Å². The van der Waals surface area contributed by atoms with Crippen LogP contribution in [0.15, 0.2) is 47.6 Å². The zero-order valence-corrected chi connectivity index (χ0v) is 22.3. The number of hydrogen-bond donors (Lipinski definition) is 1. The fraction of sp³-hybridized carbons (Fsp3) is 0.292. The topological polar surface area (TPSA) is 61.4 Å². The van der Waals surface area contributed by atoms with Gasteiger partial charge in [-0.15, -0.1) is 0 Å². The average molecular weight is 535 g/mol. The Kier molecular flexibility index (Phi) is 6.46. The van der Waals surface area contributed by atoms with Crippen LogP contribution in [-0.4, -0.2) is 51.4 Å². The fourth-order valence-corrected chi connectivity index (χ4v) is 6.84. The molecule has 2 aliphatic heterocycles. The second kappa shape index (κ2) is 9.24. The molecule has 0 atom stereocenters. The predicted octanol–water partition coefficient (Wildman–Crippen LogP) is 6.20. The van der Waals surface area contributed by atoms with Gasteiger partial charge in [-0.25, -0.2) is 9.97 Å². The lowest BCUT2D eigenvalue weighted by Gasteiger charge is -2.43. The Hall–Kier alpha value is -1.97. The number of fused-ring (bicyclic) bond motifs is 2. The number of benzene rings is 2. The first kappa shape index (κ1) is 23.8. The van der Waals surface area contributed by atoms with Gasteiger partial charge in [0.15, 0.2) is 0 Å². The summed E-state index contributed by atoms with van der Waals surface area (Å²) in [4.78, 5) is 23.7. The van der Waals surface area contributed by atoms with Crippen LogP contribution in [0.4, 0.5) is 17.3 Å². The van der Waals surface area contributed by atoms with Crippen LogP contribution >= 0.6 is 45.2 Å². The van der Waals surface area contributed by atoms with Crippen molar-refractivity contribution in [2.24, 2.45) is 0 Å². The first-order chi connectivity index (χ1) is 16.2. The van der Waals surface area contributed by atoms with E-state index in [4.69, 9.17) is 23.2 Å². The van der Waals surface area contributed by atoms with Gasteiger partial charge in [-0.1, -0.05) is 47.1 Å². The van der Waals surface area contributed by atoms with E-state index in [1.165, 1.54) is 22.9 Å². The summed E-state index contributed by atoms with van der Waals surface area (Å²) in [5, 5.41) is 4.82. The summed E-state index contributed by atoms with van der Waals surface area (Å²) in [7, 11) is -0.717. The summed E-state index contributed by atoms with van der Waals surface area (Å²) < 4.78 is 2.59. The first-order valence-electron chi connectivity index (χ1n) is 10.8. The molecule has 2 aliphatic rings. The highest BCUT2D eigenvalue weighted by atomic mass is 35.5. The van der Waals surface area contributed by atoms with Gasteiger partial charge in [-0.3, -0.25) is 14.0 Å². The third-order valence-electron chi connectivity index (χ3n) is 5.98. The van der Waals surface area contributed by atoms with E-state index in [9.17, 15) is 4.79 Å². The minimum absolute atomic E-state index is 0.213. The molecule has 1 N–H and O–H groups in total. The molecule has 0 spiro atoms. The van der Waals surface area contributed by atoms with Crippen LogP contribution in [0.2, 0.25) is 10.0 Å². The molecule has 1 aromatic heterocycles. The summed E-state index contributed by atoms with van der Waals surface area (Å²) >= 11 is 14.1. The number of para-hydroxylation sites is 1. The number of nitrogens with zero attached hydrogens (tertiary/aromatic N) is 4. The molecule has 5 rings (SSSR count). The number of amides is 1. The van der Waals surface area contributed by atoms with Gasteiger partial charge in [0.25, 0.3) is 5.91 Å². The molecule has 10 heteroatoms. The summed E-state index contributed by atoms with van der Waals surface area (Å²) in [5.41, 5.74) is 4.64. The minimum atomic E-state index is -0.717. The zero-order chi connectivity index (χ0) is 24.0. The molecule has 1 amide bonds. The number of rotatable bonds is 4. The molecule has 2 aromatic carbocycles. The van der Waals surface area contributed by atoms with Crippen LogP contribution in [-0.2, 0) is 13.0 Å². The average Bonchev–Trinajstić information content (AvgIpc) is 2.79. The number of thioether (sulfide) groups is 1. The number of anilines is 3. The highest BCUT2D eigenvalue weighted by Gasteiger charge is 2.30. The lowest BCUT2D eigenvalue weighted by molar-refractivity contribution is 0.0985. The smallest absolute Gasteiger partial charge is 0.263 e. The molecule has 0 radical (unpaired) electrons. The normalized spacial score (nSPS) is 16.7. The largest absolute Gasteiger partial charge is 0.324 e. The Morgan fingerprint density at radius 2 is 1.85 bits per heavy atom. The SMILES string of the molecule is CS(C)(C)N1CCc2cc(Nc3ncc4c(n3)SCN(c3c(Cl)cccc3Cl)C4=O)ccc2C1. The van der Waals surface area contributed by atoms with E-state index < -0.39 is 10.2 Å². The Bertz CT molecular complexity index is 1260. The van der Waals surface area contributed by atoms with Crippen molar-refractivity contribution in [3.63, 3.8) is 0 Å². The second-order valence-corrected chi connectivity index (χ2v) is 14.8. The van der Waals surface area contributed by atoms with Gasteiger partial charge in [-0.05, 0) is 60.6 Å². The molecule has 0 aliphatic carbocycles. The van der Waals surface area contributed by atoms with Crippen LogP contribution in [0.3, 0.4) is 0 Å². The maximum atomic E-state index is 13.1. The van der Waals surface area contributed by atoms with Gasteiger partial charge >= 0.3 is 0 Å². The van der Waals surface area contributed by atoms with Crippen LogP contribution in [0.1, 0.15) is 21.5 Å². The lowest BCUT2D eigenvalue weighted by atomic mass is 10.0. The first-order valence-corrected chi connectivity index (χ1v) is 15.3. The van der Waals surface area contributed by atoms with E-state index in [0.717, 1.165) is 25.2 Å². The highest BCUT2D eigenvalue weighted by molar-refractivity contribution is 8.30. The molecule has 34 heavy (non-hydrogen) atoms. The van der Waals surface area contributed by atoms with Crippen molar-refractivity contribution in [1.29, 1.82) is 0 Å². The molecule has 0 bridgehead atoms. The van der Waals surface area contributed by atoms with Crippen LogP contribution in [0.25, 0.3) is 0 Å². The van der Waals surface area contributed by atoms with E-state index >= 15 is 0 Å². The maximum Gasteiger partial charge on any atom is 0.263 e. The second-order valence-electron chi connectivity index (χ2n) is 8.98. The molecule has 3 heterocycles. The number of nitrogens with one attached hydrogen (secondary N) is 1. The van der Waals surface area contributed by atoms with Gasteiger partial charge in [0.2, 0.25) is 5.95 Å². The molecule has 0 saturated heterocycles. The monoisotopic (exact) mass is 533 g/mol. The third kappa shape index (κ3) is 4.62. The van der Waals surface area contributed by atoms with Gasteiger partial charge in [0, 0.05) is 25.0 Å². The zero-order valence-electron chi connectivity index (χ0n) is 19.1. The van der Waals surface area contributed by atoms with E-state index in [0.29, 0.717) is 38.1 Å². The molecule has 3 aromatic rings. The number of aromatic nitrogens is 2. The summed E-state index contributed by atoms with van der Waals surface area (Å²) in [6.07, 6.45) is 9.62. The van der Waals surface area contributed by atoms with E-state index in [1.54, 1.807) is 29.3 Å². The molecule has 0 unspecified atom stereocenters. The van der Waals surface area contributed by atoms with Crippen LogP contribution in [0, 0.1) is 0 Å². The van der Waals surface area contributed by atoms with Crippen molar-refractivity contribution < 1.29 is 4.79 Å². The van der Waals surface area contributed by atoms with Crippen molar-refractivity contribution in [2.75, 3.05) is 41.4 Å². The molecule has 0 saturated carbocycles. The van der Waals surface area contributed by atoms with E-state index in [-0.39, 0.29) is 5.91 Å². The Labute approximate surface area is 215 Å². The minimum Gasteiger partial charge on any atom is -0.324 e. The third-order valence-corrected chi connectivity index (χ3v) is 9.42. The number of halogens is 2. The van der Waals surface area contributed by atoms with Crippen molar-refractivity contribution in [3.05, 3.63) is 69.3 Å². The Balaban J connectivity index is 1.34. The van der Waals surface area contributed by atoms with Crippen LogP contribution in [0.5, 0.6) is 0 Å². The summed E-state index contributed by atoms with van der Waals surface area (Å²) in [6, 6.07) is 11.7. The molecule has 0 fully saturated rings. The standard InChI is InChI=1S/C24H25Cl2N5OS2/c1-34(2,3)30-10-9-15-11-17(8-7-16(15)13-30)28-24-27-12-18-22(29-24)33-14-31(23(18)32)21-19(25)5-4-6-20(21)26/h4-8,11-12H,9-10,13-14H2,1-3H3,(H,27,28,29). The lowest BCUT2D eigenvalue weighted by Crippen LogP contribution is -2.35. The van der Waals surface area contributed by atoms with Gasteiger partial charge < -0.3 is 5.32 Å². The number of carbonyl (C=O) groups excluding carboxylic acids is 1. The Morgan fingerprint density at radius 1 is 1.09 bits per heavy atom. The van der Waals surface area contributed by atoms with Crippen molar-refractivity contribution in [3.8, 4) is 0 Å². The van der Waals surface area contributed by atoms with E-state index in [1.807, 2.05) is 0 Å². The van der Waals surface area contributed by atoms with Gasteiger partial charge in [0.05, 0.1) is 27.2 Å². The number of hydrogen-bond acceptors (Lipinski definition) is 6. The summed E-state index contributed by atoms with van der Waals surface area (Å²) in [6.45, 7) is 2.07. The van der Waals surface area contributed by atoms with E-state index in [2.05, 4.69) is 56.6 Å². The Morgan fingerprint density at radius 3 is 2.59 bits per heavy atom. The van der Waals surface area contributed by atoms with Crippen molar-refractivity contribution in [2.45, 2.75) is 18.0 Å². The fourth-order valence-electron chi connectivity index (χ4n) is 4.13. The van der Waals surface area contributed by atoms with Crippen molar-refractivity contribution in [1.82, 2.24) is 14.3 Å². The van der Waals surface area contributed by atoms with Crippen LogP contribution < -0.4 is 10.2 Å². The molecular weight excluding hydrogens is 509 g/mol. The molecule has 178 valence electrons. The van der Waals surface area contributed by atoms with Crippen molar-refractivity contribution >= 4 is 68.4 Å². The quantitative estimate of drug-likeness (QED) is 0.402. The number of carbonyl (C=O) groups is 1. The highest BCUT2D eigenvalue weighted by Crippen LogP contribution is 2.43.